The Labute approximate surface area is 143 Å². The SMILES string of the molecule is CC(=O)N1CCC[C@@H]1[C@H]1CCCN1CC(=O)N[C@H](C)c1ccco1. The summed E-state index contributed by atoms with van der Waals surface area (Å²) in [4.78, 5) is 28.5. The van der Waals surface area contributed by atoms with E-state index < -0.39 is 0 Å². The number of carbonyl (C=O) groups excluding carboxylic acids is 2. The molecule has 0 aliphatic carbocycles. The number of likely N-dealkylation sites (tertiary alicyclic amines) is 2. The second-order valence-corrected chi connectivity index (χ2v) is 6.91. The second kappa shape index (κ2) is 7.38. The fourth-order valence-corrected chi connectivity index (χ4v) is 4.15. The van der Waals surface area contributed by atoms with Gasteiger partial charge in [-0.15, -0.1) is 0 Å². The molecule has 0 aromatic carbocycles. The Morgan fingerprint density at radius 2 is 2.04 bits per heavy atom. The topological polar surface area (TPSA) is 65.8 Å². The largest absolute Gasteiger partial charge is 0.467 e. The van der Waals surface area contributed by atoms with Gasteiger partial charge in [-0.05, 0) is 51.3 Å². The number of hydrogen-bond acceptors (Lipinski definition) is 4. The quantitative estimate of drug-likeness (QED) is 0.894. The molecule has 0 saturated carbocycles. The first-order chi connectivity index (χ1) is 11.6. The van der Waals surface area contributed by atoms with Gasteiger partial charge in [0.25, 0.3) is 0 Å². The number of nitrogens with one attached hydrogen (secondary N) is 1. The molecule has 24 heavy (non-hydrogen) atoms. The molecule has 1 aromatic rings. The molecule has 3 rings (SSSR count). The molecule has 1 N–H and O–H groups in total. The molecule has 2 aliphatic heterocycles. The molecule has 0 radical (unpaired) electrons. The Hall–Kier alpha value is -1.82. The second-order valence-electron chi connectivity index (χ2n) is 6.91. The number of amides is 2. The van der Waals surface area contributed by atoms with Crippen LogP contribution in [0.4, 0.5) is 0 Å². The smallest absolute Gasteiger partial charge is 0.234 e. The van der Waals surface area contributed by atoms with Gasteiger partial charge in [-0.1, -0.05) is 0 Å². The van der Waals surface area contributed by atoms with E-state index in [-0.39, 0.29) is 23.9 Å². The molecule has 6 heteroatoms. The highest BCUT2D eigenvalue weighted by atomic mass is 16.3. The van der Waals surface area contributed by atoms with Crippen LogP contribution in [0.3, 0.4) is 0 Å². The minimum Gasteiger partial charge on any atom is -0.467 e. The highest BCUT2D eigenvalue weighted by molar-refractivity contribution is 5.78. The van der Waals surface area contributed by atoms with E-state index >= 15 is 0 Å². The minimum absolute atomic E-state index is 0.0122. The van der Waals surface area contributed by atoms with Crippen molar-refractivity contribution >= 4 is 11.8 Å². The summed E-state index contributed by atoms with van der Waals surface area (Å²) >= 11 is 0. The van der Waals surface area contributed by atoms with Crippen molar-refractivity contribution in [1.82, 2.24) is 15.1 Å². The summed E-state index contributed by atoms with van der Waals surface area (Å²) < 4.78 is 5.34. The zero-order chi connectivity index (χ0) is 17.1. The van der Waals surface area contributed by atoms with Gasteiger partial charge in [-0.25, -0.2) is 0 Å². The van der Waals surface area contributed by atoms with Crippen molar-refractivity contribution in [1.29, 1.82) is 0 Å². The highest BCUT2D eigenvalue weighted by Crippen LogP contribution is 2.29. The maximum Gasteiger partial charge on any atom is 0.234 e. The Morgan fingerprint density at radius 3 is 2.75 bits per heavy atom. The maximum absolute atomic E-state index is 12.4. The fraction of sp³-hybridized carbons (Fsp3) is 0.667. The van der Waals surface area contributed by atoms with Crippen molar-refractivity contribution in [3.05, 3.63) is 24.2 Å². The van der Waals surface area contributed by atoms with E-state index in [9.17, 15) is 9.59 Å². The van der Waals surface area contributed by atoms with E-state index in [1.54, 1.807) is 13.2 Å². The molecule has 2 amide bonds. The van der Waals surface area contributed by atoms with Crippen LogP contribution in [0.25, 0.3) is 0 Å². The zero-order valence-corrected chi connectivity index (χ0v) is 14.5. The fourth-order valence-electron chi connectivity index (χ4n) is 4.15. The summed E-state index contributed by atoms with van der Waals surface area (Å²) in [5.74, 6) is 0.929. The van der Waals surface area contributed by atoms with E-state index in [0.717, 1.165) is 44.5 Å². The van der Waals surface area contributed by atoms with Crippen molar-refractivity contribution in [2.24, 2.45) is 0 Å². The van der Waals surface area contributed by atoms with Crippen LogP contribution in [0.5, 0.6) is 0 Å². The average Bonchev–Trinajstić information content (AvgIpc) is 3.28. The first-order valence-corrected chi connectivity index (χ1v) is 8.90. The summed E-state index contributed by atoms with van der Waals surface area (Å²) in [6.45, 7) is 5.74. The van der Waals surface area contributed by atoms with Crippen molar-refractivity contribution in [2.75, 3.05) is 19.6 Å². The predicted molar refractivity (Wildman–Crippen MR) is 90.3 cm³/mol. The Morgan fingerprint density at radius 1 is 1.29 bits per heavy atom. The van der Waals surface area contributed by atoms with Gasteiger partial charge < -0.3 is 14.6 Å². The highest BCUT2D eigenvalue weighted by Gasteiger charge is 2.39. The van der Waals surface area contributed by atoms with Gasteiger partial charge in [-0.2, -0.15) is 0 Å². The first kappa shape index (κ1) is 17.0. The van der Waals surface area contributed by atoms with Gasteiger partial charge in [0.2, 0.25) is 11.8 Å². The normalized spacial score (nSPS) is 25.8. The lowest BCUT2D eigenvalue weighted by molar-refractivity contribution is -0.130. The lowest BCUT2D eigenvalue weighted by Crippen LogP contribution is -2.50. The molecule has 1 aromatic heterocycles. The summed E-state index contributed by atoms with van der Waals surface area (Å²) in [5, 5.41) is 3.00. The van der Waals surface area contributed by atoms with E-state index in [2.05, 4.69) is 10.2 Å². The lowest BCUT2D eigenvalue weighted by Gasteiger charge is -2.34. The predicted octanol–water partition coefficient (Wildman–Crippen LogP) is 1.93. The number of rotatable bonds is 5. The van der Waals surface area contributed by atoms with Crippen molar-refractivity contribution in [3.63, 3.8) is 0 Å². The molecule has 132 valence electrons. The summed E-state index contributed by atoms with van der Waals surface area (Å²) in [6, 6.07) is 4.13. The van der Waals surface area contributed by atoms with E-state index in [1.165, 1.54) is 0 Å². The van der Waals surface area contributed by atoms with E-state index in [4.69, 9.17) is 4.42 Å². The van der Waals surface area contributed by atoms with Gasteiger partial charge in [0.1, 0.15) is 5.76 Å². The molecule has 0 bridgehead atoms. The van der Waals surface area contributed by atoms with Crippen LogP contribution in [0, 0.1) is 0 Å². The van der Waals surface area contributed by atoms with Crippen LogP contribution in [-0.2, 0) is 9.59 Å². The van der Waals surface area contributed by atoms with Crippen LogP contribution in [0.1, 0.15) is 51.3 Å². The maximum atomic E-state index is 12.4. The molecule has 2 fully saturated rings. The van der Waals surface area contributed by atoms with Gasteiger partial charge in [-0.3, -0.25) is 14.5 Å². The van der Waals surface area contributed by atoms with Crippen LogP contribution >= 0.6 is 0 Å². The monoisotopic (exact) mass is 333 g/mol. The standard InChI is InChI=1S/C18H27N3O3/c1-13(17-8-5-11-24-17)19-18(23)12-20-9-3-6-15(20)16-7-4-10-21(16)14(2)22/h5,8,11,13,15-16H,3-4,6-7,9-10,12H2,1-2H3,(H,19,23)/t13-,15-,16-/m1/s1. The summed E-state index contributed by atoms with van der Waals surface area (Å²) in [6.07, 6.45) is 5.88. The molecule has 0 unspecified atom stereocenters. The van der Waals surface area contributed by atoms with Crippen molar-refractivity contribution in [2.45, 2.75) is 57.7 Å². The molecular weight excluding hydrogens is 306 g/mol. The number of furan rings is 1. The molecule has 0 spiro atoms. The zero-order valence-electron chi connectivity index (χ0n) is 14.5. The minimum atomic E-state index is -0.131. The van der Waals surface area contributed by atoms with Crippen molar-refractivity contribution in [3.8, 4) is 0 Å². The third-order valence-electron chi connectivity index (χ3n) is 5.26. The van der Waals surface area contributed by atoms with E-state index in [0.29, 0.717) is 12.6 Å². The summed E-state index contributed by atoms with van der Waals surface area (Å²) in [5.41, 5.74) is 0. The summed E-state index contributed by atoms with van der Waals surface area (Å²) in [7, 11) is 0. The number of carbonyl (C=O) groups is 2. The molecule has 6 nitrogen and oxygen atoms in total. The van der Waals surface area contributed by atoms with E-state index in [1.807, 2.05) is 24.0 Å². The number of nitrogens with zero attached hydrogens (tertiary/aromatic N) is 2. The Balaban J connectivity index is 1.57. The molecule has 2 aliphatic rings. The van der Waals surface area contributed by atoms with Gasteiger partial charge in [0.05, 0.1) is 18.8 Å². The molecular formula is C18H27N3O3. The molecule has 2 saturated heterocycles. The first-order valence-electron chi connectivity index (χ1n) is 8.90. The van der Waals surface area contributed by atoms with Crippen LogP contribution in [-0.4, -0.2) is 53.3 Å². The van der Waals surface area contributed by atoms with Crippen molar-refractivity contribution < 1.29 is 14.0 Å². The Kier molecular flexibility index (Phi) is 5.23. The van der Waals surface area contributed by atoms with Gasteiger partial charge >= 0.3 is 0 Å². The third-order valence-corrected chi connectivity index (χ3v) is 5.26. The average molecular weight is 333 g/mol. The van der Waals surface area contributed by atoms with Crippen LogP contribution in [0.15, 0.2) is 22.8 Å². The third kappa shape index (κ3) is 3.64. The molecule has 3 atom stereocenters. The Bertz CT molecular complexity index is 572. The van der Waals surface area contributed by atoms with Crippen LogP contribution in [0.2, 0.25) is 0 Å². The molecule has 3 heterocycles. The van der Waals surface area contributed by atoms with Gasteiger partial charge in [0, 0.05) is 25.6 Å². The lowest BCUT2D eigenvalue weighted by atomic mass is 10.0. The number of hydrogen-bond donors (Lipinski definition) is 1. The van der Waals surface area contributed by atoms with Gasteiger partial charge in [0.15, 0.2) is 0 Å². The van der Waals surface area contributed by atoms with Crippen LogP contribution < -0.4 is 5.32 Å².